The van der Waals surface area contributed by atoms with Crippen molar-refractivity contribution in [3.63, 3.8) is 0 Å². The third-order valence-corrected chi connectivity index (χ3v) is 5.92. The zero-order valence-electron chi connectivity index (χ0n) is 13.4. The Kier molecular flexibility index (Phi) is 5.15. The molecule has 0 unspecified atom stereocenters. The SMILES string of the molecule is Nc1cccc2c1c(C(F)F)cn2S(=O)(=O)CC=Cc1ccc(Br)cc1. The lowest BCUT2D eigenvalue weighted by Gasteiger charge is -2.05. The second kappa shape index (κ2) is 7.20. The summed E-state index contributed by atoms with van der Waals surface area (Å²) in [6, 6.07) is 11.8. The van der Waals surface area contributed by atoms with E-state index >= 15 is 0 Å². The Hall–Kier alpha value is -2.19. The predicted octanol–water partition coefficient (Wildman–Crippen LogP) is 4.81. The quantitative estimate of drug-likeness (QED) is 0.578. The lowest BCUT2D eigenvalue weighted by Crippen LogP contribution is -2.14. The molecule has 3 rings (SSSR count). The van der Waals surface area contributed by atoms with Gasteiger partial charge in [-0.15, -0.1) is 0 Å². The zero-order chi connectivity index (χ0) is 18.9. The van der Waals surface area contributed by atoms with Crippen LogP contribution in [0.5, 0.6) is 0 Å². The maximum Gasteiger partial charge on any atom is 0.266 e. The minimum absolute atomic E-state index is 0.0722. The van der Waals surface area contributed by atoms with Crippen molar-refractivity contribution in [2.75, 3.05) is 11.5 Å². The highest BCUT2D eigenvalue weighted by molar-refractivity contribution is 9.10. The molecule has 3 aromatic rings. The highest BCUT2D eigenvalue weighted by Gasteiger charge is 2.23. The average molecular weight is 441 g/mol. The second-order valence-electron chi connectivity index (χ2n) is 5.65. The fourth-order valence-corrected chi connectivity index (χ4v) is 4.16. The van der Waals surface area contributed by atoms with Crippen LogP contribution in [0.1, 0.15) is 17.6 Å². The monoisotopic (exact) mass is 440 g/mol. The van der Waals surface area contributed by atoms with Gasteiger partial charge in [0.05, 0.1) is 11.3 Å². The van der Waals surface area contributed by atoms with Crippen LogP contribution < -0.4 is 5.73 Å². The summed E-state index contributed by atoms with van der Waals surface area (Å²) in [5, 5.41) is 0.0722. The van der Waals surface area contributed by atoms with Gasteiger partial charge in [0.15, 0.2) is 0 Å². The van der Waals surface area contributed by atoms with Crippen molar-refractivity contribution >= 4 is 48.6 Å². The molecule has 0 aliphatic carbocycles. The third-order valence-electron chi connectivity index (χ3n) is 3.88. The first-order chi connectivity index (χ1) is 12.3. The number of nitrogen functional groups attached to an aromatic ring is 1. The van der Waals surface area contributed by atoms with E-state index in [0.717, 1.165) is 20.2 Å². The van der Waals surface area contributed by atoms with Crippen LogP contribution in [0.4, 0.5) is 14.5 Å². The molecule has 2 N–H and O–H groups in total. The first kappa shape index (κ1) is 18.6. The zero-order valence-corrected chi connectivity index (χ0v) is 15.8. The fraction of sp³-hybridized carbons (Fsp3) is 0.111. The Bertz CT molecular complexity index is 1070. The van der Waals surface area contributed by atoms with E-state index in [2.05, 4.69) is 15.9 Å². The minimum Gasteiger partial charge on any atom is -0.398 e. The maximum absolute atomic E-state index is 13.3. The minimum atomic E-state index is -3.86. The van der Waals surface area contributed by atoms with Crippen molar-refractivity contribution in [3.8, 4) is 0 Å². The molecule has 136 valence electrons. The van der Waals surface area contributed by atoms with Gasteiger partial charge in [-0.3, -0.25) is 0 Å². The van der Waals surface area contributed by atoms with Gasteiger partial charge < -0.3 is 5.73 Å². The first-order valence-corrected chi connectivity index (χ1v) is 10.0. The predicted molar refractivity (Wildman–Crippen MR) is 104 cm³/mol. The molecule has 0 fully saturated rings. The van der Waals surface area contributed by atoms with Crippen LogP contribution in [0.15, 0.2) is 59.2 Å². The molecule has 0 atom stereocenters. The topological polar surface area (TPSA) is 65.1 Å². The van der Waals surface area contributed by atoms with Crippen LogP contribution in [0.25, 0.3) is 17.0 Å². The Morgan fingerprint density at radius 3 is 2.50 bits per heavy atom. The summed E-state index contributed by atoms with van der Waals surface area (Å²) in [7, 11) is -3.86. The van der Waals surface area contributed by atoms with E-state index in [4.69, 9.17) is 5.73 Å². The van der Waals surface area contributed by atoms with Gasteiger partial charge in [-0.25, -0.2) is 21.2 Å². The van der Waals surface area contributed by atoms with Crippen molar-refractivity contribution in [2.24, 2.45) is 0 Å². The van der Waals surface area contributed by atoms with Crippen LogP contribution >= 0.6 is 15.9 Å². The molecule has 1 heterocycles. The Morgan fingerprint density at radius 2 is 1.85 bits per heavy atom. The van der Waals surface area contributed by atoms with Gasteiger partial charge in [-0.2, -0.15) is 0 Å². The molecule has 4 nitrogen and oxygen atoms in total. The molecule has 0 amide bonds. The van der Waals surface area contributed by atoms with Crippen LogP contribution in [-0.4, -0.2) is 18.1 Å². The van der Waals surface area contributed by atoms with Crippen LogP contribution in [-0.2, 0) is 10.0 Å². The van der Waals surface area contributed by atoms with Gasteiger partial charge in [0.1, 0.15) is 0 Å². The van der Waals surface area contributed by atoms with E-state index in [1.165, 1.54) is 24.3 Å². The number of alkyl halides is 2. The number of nitrogens with two attached hydrogens (primary N) is 1. The number of rotatable bonds is 5. The molecule has 8 heteroatoms. The number of aromatic nitrogens is 1. The average Bonchev–Trinajstić information content (AvgIpc) is 2.99. The van der Waals surface area contributed by atoms with Crippen molar-refractivity contribution in [3.05, 3.63) is 70.3 Å². The highest BCUT2D eigenvalue weighted by atomic mass is 79.9. The third kappa shape index (κ3) is 3.66. The molecule has 0 saturated heterocycles. The Balaban J connectivity index is 1.97. The molecular weight excluding hydrogens is 426 g/mol. The van der Waals surface area contributed by atoms with Crippen molar-refractivity contribution in [2.45, 2.75) is 6.43 Å². The summed E-state index contributed by atoms with van der Waals surface area (Å²) < 4.78 is 53.7. The Morgan fingerprint density at radius 1 is 1.15 bits per heavy atom. The number of benzene rings is 2. The number of hydrogen-bond acceptors (Lipinski definition) is 3. The van der Waals surface area contributed by atoms with E-state index in [1.807, 2.05) is 24.3 Å². The normalized spacial score (nSPS) is 12.5. The highest BCUT2D eigenvalue weighted by Crippen LogP contribution is 2.34. The van der Waals surface area contributed by atoms with Gasteiger partial charge in [-0.05, 0) is 29.8 Å². The summed E-state index contributed by atoms with van der Waals surface area (Å²) >= 11 is 3.32. The fourth-order valence-electron chi connectivity index (χ4n) is 2.67. The van der Waals surface area contributed by atoms with Crippen molar-refractivity contribution < 1.29 is 17.2 Å². The summed E-state index contributed by atoms with van der Waals surface area (Å²) in [5.74, 6) is -0.329. The molecule has 0 aliphatic heterocycles. The number of nitrogens with zero attached hydrogens (tertiary/aromatic N) is 1. The van der Waals surface area contributed by atoms with E-state index in [0.29, 0.717) is 0 Å². The van der Waals surface area contributed by atoms with Gasteiger partial charge in [0.2, 0.25) is 10.0 Å². The lowest BCUT2D eigenvalue weighted by molar-refractivity contribution is 0.153. The van der Waals surface area contributed by atoms with Crippen LogP contribution in [0.2, 0.25) is 0 Å². The summed E-state index contributed by atoms with van der Waals surface area (Å²) in [6.07, 6.45) is 1.28. The number of anilines is 1. The lowest BCUT2D eigenvalue weighted by atomic mass is 10.1. The van der Waals surface area contributed by atoms with Crippen molar-refractivity contribution in [1.29, 1.82) is 0 Å². The van der Waals surface area contributed by atoms with E-state index in [9.17, 15) is 17.2 Å². The van der Waals surface area contributed by atoms with Gasteiger partial charge >= 0.3 is 0 Å². The standard InChI is InChI=1S/C18H15BrF2N2O2S/c19-13-8-6-12(7-9-13)3-2-10-26(24,25)23-11-14(18(20)21)17-15(22)4-1-5-16(17)23/h1-9,11,18H,10,22H2. The van der Waals surface area contributed by atoms with Crippen LogP contribution in [0.3, 0.4) is 0 Å². The Labute approximate surface area is 158 Å². The maximum atomic E-state index is 13.3. The molecule has 0 spiro atoms. The first-order valence-electron chi connectivity index (χ1n) is 7.62. The smallest absolute Gasteiger partial charge is 0.266 e. The molecule has 0 radical (unpaired) electrons. The summed E-state index contributed by atoms with van der Waals surface area (Å²) in [4.78, 5) is 0. The molecule has 1 aromatic heterocycles. The van der Waals surface area contributed by atoms with E-state index in [-0.39, 0.29) is 22.3 Å². The molecule has 0 aliphatic rings. The van der Waals surface area contributed by atoms with Gasteiger partial charge in [0, 0.05) is 27.3 Å². The summed E-state index contributed by atoms with van der Waals surface area (Å²) in [6.45, 7) is 0. The van der Waals surface area contributed by atoms with Gasteiger partial charge in [-0.1, -0.05) is 46.3 Å². The second-order valence-corrected chi connectivity index (χ2v) is 8.46. The molecule has 0 bridgehead atoms. The summed E-state index contributed by atoms with van der Waals surface area (Å²) in [5.41, 5.74) is 6.49. The molecule has 26 heavy (non-hydrogen) atoms. The molecule has 2 aromatic carbocycles. The van der Waals surface area contributed by atoms with E-state index in [1.54, 1.807) is 6.08 Å². The number of hydrogen-bond donors (Lipinski definition) is 1. The van der Waals surface area contributed by atoms with E-state index < -0.39 is 22.0 Å². The van der Waals surface area contributed by atoms with Crippen molar-refractivity contribution in [1.82, 2.24) is 3.97 Å². The largest absolute Gasteiger partial charge is 0.398 e. The molecule has 0 saturated carbocycles. The number of fused-ring (bicyclic) bond motifs is 1. The van der Waals surface area contributed by atoms with Crippen LogP contribution in [0, 0.1) is 0 Å². The van der Waals surface area contributed by atoms with Gasteiger partial charge in [0.25, 0.3) is 6.43 Å². The number of halogens is 3. The molecular formula is C18H15BrF2N2O2S.